The molecule has 36 heavy (non-hydrogen) atoms. The summed E-state index contributed by atoms with van der Waals surface area (Å²) in [6, 6.07) is 8.35. The quantitative estimate of drug-likeness (QED) is 0.504. The van der Waals surface area contributed by atoms with Gasteiger partial charge in [0.1, 0.15) is 11.9 Å². The number of nitrogens with zero attached hydrogens (tertiary/aromatic N) is 5. The Kier molecular flexibility index (Phi) is 7.04. The van der Waals surface area contributed by atoms with Crippen molar-refractivity contribution in [1.29, 1.82) is 0 Å². The summed E-state index contributed by atoms with van der Waals surface area (Å²) in [5.41, 5.74) is 0.955. The molecule has 2 aliphatic rings. The molecule has 1 aliphatic heterocycles. The highest BCUT2D eigenvalue weighted by atomic mass is 32.2. The third-order valence-electron chi connectivity index (χ3n) is 6.32. The number of benzene rings is 1. The summed E-state index contributed by atoms with van der Waals surface area (Å²) >= 11 is 0. The van der Waals surface area contributed by atoms with Gasteiger partial charge < -0.3 is 14.4 Å². The second kappa shape index (κ2) is 10.2. The van der Waals surface area contributed by atoms with Crippen LogP contribution in [0.4, 0.5) is 14.7 Å². The molecule has 1 aliphatic carbocycles. The number of hydrogen-bond donors (Lipinski definition) is 1. The molecule has 0 amide bonds. The molecule has 13 heteroatoms. The van der Waals surface area contributed by atoms with Crippen LogP contribution in [0.25, 0.3) is 16.9 Å². The molecule has 0 unspecified atom stereocenters. The summed E-state index contributed by atoms with van der Waals surface area (Å²) in [6.07, 6.45) is 0.698. The van der Waals surface area contributed by atoms with Gasteiger partial charge in [-0.15, -0.1) is 0 Å². The summed E-state index contributed by atoms with van der Waals surface area (Å²) < 4.78 is 66.7. The fourth-order valence-corrected chi connectivity index (χ4v) is 5.53. The van der Waals surface area contributed by atoms with Gasteiger partial charge in [-0.05, 0) is 37.8 Å². The predicted octanol–water partition coefficient (Wildman–Crippen LogP) is 2.83. The minimum absolute atomic E-state index is 0.129. The van der Waals surface area contributed by atoms with Crippen LogP contribution in [0.1, 0.15) is 37.9 Å². The number of halogens is 2. The lowest BCUT2D eigenvalue weighted by Gasteiger charge is -2.30. The Labute approximate surface area is 207 Å². The van der Waals surface area contributed by atoms with Crippen LogP contribution < -0.4 is 14.4 Å². The van der Waals surface area contributed by atoms with Crippen molar-refractivity contribution >= 4 is 27.0 Å². The lowest BCUT2D eigenvalue weighted by Crippen LogP contribution is -2.39. The smallest absolute Gasteiger partial charge is 0.296 e. The Hall–Kier alpha value is -2.90. The van der Waals surface area contributed by atoms with Gasteiger partial charge in [0.25, 0.3) is 6.43 Å². The van der Waals surface area contributed by atoms with Gasteiger partial charge in [-0.25, -0.2) is 26.9 Å². The zero-order chi connectivity index (χ0) is 25.3. The standard InChI is InChI=1S/C23H28F2N6O4S/c1-36(32,33)29-15-6-8-16(9-7-15)35-20-14-19(27-23(28-20)30-10-12-34-13-11-30)31-18-5-3-2-4-17(18)26-22(31)21(24)25/h2-5,14-16,21,29H,6-13H2,1H3/t15-,16-. The number of ether oxygens (including phenoxy) is 2. The van der Waals surface area contributed by atoms with Crippen LogP contribution in [0.2, 0.25) is 0 Å². The van der Waals surface area contributed by atoms with Gasteiger partial charge in [0, 0.05) is 25.2 Å². The van der Waals surface area contributed by atoms with Gasteiger partial charge >= 0.3 is 0 Å². The first-order valence-corrected chi connectivity index (χ1v) is 13.8. The molecular formula is C23H28F2N6O4S. The molecule has 2 aromatic heterocycles. The van der Waals surface area contributed by atoms with Crippen LogP contribution in [0.5, 0.6) is 5.88 Å². The molecule has 3 heterocycles. The van der Waals surface area contributed by atoms with Gasteiger partial charge in [-0.2, -0.15) is 9.97 Å². The van der Waals surface area contributed by atoms with E-state index in [1.54, 1.807) is 30.3 Å². The van der Waals surface area contributed by atoms with Crippen molar-refractivity contribution in [3.05, 3.63) is 36.2 Å². The molecular weight excluding hydrogens is 494 g/mol. The topological polar surface area (TPSA) is 111 Å². The van der Waals surface area contributed by atoms with Gasteiger partial charge in [0.05, 0.1) is 30.5 Å². The Morgan fingerprint density at radius 1 is 1.08 bits per heavy atom. The molecule has 2 fully saturated rings. The van der Waals surface area contributed by atoms with E-state index in [-0.39, 0.29) is 23.8 Å². The van der Waals surface area contributed by atoms with Crippen LogP contribution >= 0.6 is 0 Å². The van der Waals surface area contributed by atoms with Crippen LogP contribution in [-0.4, -0.2) is 72.6 Å². The van der Waals surface area contributed by atoms with E-state index in [1.165, 1.54) is 4.57 Å². The highest BCUT2D eigenvalue weighted by Gasteiger charge is 2.27. The molecule has 0 atom stereocenters. The summed E-state index contributed by atoms with van der Waals surface area (Å²) in [5.74, 6) is 0.495. The van der Waals surface area contributed by atoms with Crippen LogP contribution in [0.3, 0.4) is 0 Å². The number of fused-ring (bicyclic) bond motifs is 1. The number of imidazole rings is 1. The first-order chi connectivity index (χ1) is 17.3. The maximum atomic E-state index is 14.0. The highest BCUT2D eigenvalue weighted by Crippen LogP contribution is 2.31. The first kappa shape index (κ1) is 24.8. The summed E-state index contributed by atoms with van der Waals surface area (Å²) in [6.45, 7) is 2.16. The number of alkyl halides is 2. The summed E-state index contributed by atoms with van der Waals surface area (Å²) in [7, 11) is -3.28. The monoisotopic (exact) mass is 522 g/mol. The fraction of sp³-hybridized carbons (Fsp3) is 0.522. The van der Waals surface area contributed by atoms with E-state index in [9.17, 15) is 17.2 Å². The van der Waals surface area contributed by atoms with Crippen molar-refractivity contribution in [1.82, 2.24) is 24.2 Å². The van der Waals surface area contributed by atoms with Crippen molar-refractivity contribution in [3.8, 4) is 11.7 Å². The molecule has 1 saturated carbocycles. The third kappa shape index (κ3) is 5.57. The largest absolute Gasteiger partial charge is 0.474 e. The van der Waals surface area contributed by atoms with Crippen molar-refractivity contribution in [2.75, 3.05) is 37.5 Å². The molecule has 3 aromatic rings. The van der Waals surface area contributed by atoms with E-state index < -0.39 is 22.3 Å². The average molecular weight is 523 g/mol. The number of morpholine rings is 1. The second-order valence-electron chi connectivity index (χ2n) is 9.04. The number of aromatic nitrogens is 4. The fourth-order valence-electron chi connectivity index (χ4n) is 4.68. The van der Waals surface area contributed by atoms with Gasteiger partial charge in [0.2, 0.25) is 21.9 Å². The van der Waals surface area contributed by atoms with Crippen LogP contribution in [0.15, 0.2) is 30.3 Å². The molecule has 5 rings (SSSR count). The lowest BCUT2D eigenvalue weighted by molar-refractivity contribution is 0.121. The Balaban J connectivity index is 1.48. The van der Waals surface area contributed by atoms with E-state index >= 15 is 0 Å². The van der Waals surface area contributed by atoms with E-state index in [0.717, 1.165) is 6.26 Å². The number of para-hydroxylation sites is 2. The first-order valence-electron chi connectivity index (χ1n) is 11.9. The number of nitrogens with one attached hydrogen (secondary N) is 1. The van der Waals surface area contributed by atoms with Crippen molar-refractivity contribution in [2.45, 2.75) is 44.3 Å². The summed E-state index contributed by atoms with van der Waals surface area (Å²) in [4.78, 5) is 15.3. The SMILES string of the molecule is CS(=O)(=O)N[C@H]1CC[C@H](Oc2cc(-n3c(C(F)F)nc4ccccc43)nc(N3CCOCC3)n2)CC1. The maximum absolute atomic E-state index is 14.0. The van der Waals surface area contributed by atoms with E-state index in [1.807, 2.05) is 4.90 Å². The molecule has 10 nitrogen and oxygen atoms in total. The van der Waals surface area contributed by atoms with E-state index in [4.69, 9.17) is 9.47 Å². The van der Waals surface area contributed by atoms with Gasteiger partial charge in [0.15, 0.2) is 5.82 Å². The molecule has 1 N–H and O–H groups in total. The molecule has 0 radical (unpaired) electrons. The normalized spacial score (nSPS) is 21.3. The molecule has 1 saturated heterocycles. The summed E-state index contributed by atoms with van der Waals surface area (Å²) in [5, 5.41) is 0. The van der Waals surface area contributed by atoms with Crippen LogP contribution in [-0.2, 0) is 14.8 Å². The van der Waals surface area contributed by atoms with Crippen molar-refractivity contribution < 1.29 is 26.7 Å². The van der Waals surface area contributed by atoms with Crippen molar-refractivity contribution in [3.63, 3.8) is 0 Å². The van der Waals surface area contributed by atoms with Crippen molar-refractivity contribution in [2.24, 2.45) is 0 Å². The predicted molar refractivity (Wildman–Crippen MR) is 129 cm³/mol. The molecule has 0 spiro atoms. The Morgan fingerprint density at radius 2 is 1.81 bits per heavy atom. The minimum Gasteiger partial charge on any atom is -0.474 e. The van der Waals surface area contributed by atoms with Gasteiger partial charge in [-0.3, -0.25) is 4.57 Å². The zero-order valence-electron chi connectivity index (χ0n) is 19.8. The average Bonchev–Trinajstić information content (AvgIpc) is 3.25. The maximum Gasteiger partial charge on any atom is 0.296 e. The molecule has 194 valence electrons. The van der Waals surface area contributed by atoms with E-state index in [0.29, 0.717) is 69.0 Å². The van der Waals surface area contributed by atoms with Crippen LogP contribution in [0, 0.1) is 0 Å². The molecule has 1 aromatic carbocycles. The number of rotatable bonds is 7. The number of anilines is 1. The number of sulfonamides is 1. The Bertz CT molecular complexity index is 1320. The zero-order valence-corrected chi connectivity index (χ0v) is 20.6. The second-order valence-corrected chi connectivity index (χ2v) is 10.8. The van der Waals surface area contributed by atoms with E-state index in [2.05, 4.69) is 19.7 Å². The highest BCUT2D eigenvalue weighted by molar-refractivity contribution is 7.88. The van der Waals surface area contributed by atoms with Gasteiger partial charge in [-0.1, -0.05) is 12.1 Å². The lowest BCUT2D eigenvalue weighted by atomic mass is 9.94. The number of hydrogen-bond acceptors (Lipinski definition) is 8. The minimum atomic E-state index is -3.28. The Morgan fingerprint density at radius 3 is 2.50 bits per heavy atom. The molecule has 0 bridgehead atoms. The third-order valence-corrected chi connectivity index (χ3v) is 7.09.